The van der Waals surface area contributed by atoms with E-state index >= 15 is 0 Å². The number of urea groups is 1. The summed E-state index contributed by atoms with van der Waals surface area (Å²) in [6.45, 7) is 2.40. The number of likely N-dealkylation sites (tertiary alicyclic amines) is 1. The second kappa shape index (κ2) is 5.39. The molecule has 2 unspecified atom stereocenters. The molecule has 2 aliphatic rings. The molecule has 1 heterocycles. The molecule has 21 heavy (non-hydrogen) atoms. The average molecular weight is 288 g/mol. The van der Waals surface area contributed by atoms with Gasteiger partial charge in [-0.15, -0.1) is 0 Å². The molecule has 0 bridgehead atoms. The zero-order valence-corrected chi connectivity index (χ0v) is 12.1. The van der Waals surface area contributed by atoms with Crippen LogP contribution >= 0.6 is 0 Å². The van der Waals surface area contributed by atoms with E-state index in [9.17, 15) is 14.7 Å². The molecular formula is C16H20N2O3. The van der Waals surface area contributed by atoms with Crippen molar-refractivity contribution in [1.29, 1.82) is 0 Å². The maximum absolute atomic E-state index is 12.4. The van der Waals surface area contributed by atoms with Crippen LogP contribution in [0, 0.1) is 5.92 Å². The fraction of sp³-hybridized carbons (Fsp3) is 0.500. The Hall–Kier alpha value is -2.04. The van der Waals surface area contributed by atoms with Gasteiger partial charge in [0.1, 0.15) is 6.04 Å². The van der Waals surface area contributed by atoms with Crippen molar-refractivity contribution < 1.29 is 14.7 Å². The lowest BCUT2D eigenvalue weighted by Gasteiger charge is -2.25. The van der Waals surface area contributed by atoms with E-state index < -0.39 is 12.0 Å². The van der Waals surface area contributed by atoms with E-state index in [1.165, 1.54) is 16.0 Å². The summed E-state index contributed by atoms with van der Waals surface area (Å²) in [5.74, 6) is -0.904. The molecule has 1 saturated heterocycles. The van der Waals surface area contributed by atoms with Gasteiger partial charge in [0.15, 0.2) is 0 Å². The second-order valence-corrected chi connectivity index (χ2v) is 6.07. The summed E-state index contributed by atoms with van der Waals surface area (Å²) in [5, 5.41) is 12.3. The number of amides is 2. The summed E-state index contributed by atoms with van der Waals surface area (Å²) in [7, 11) is 0. The van der Waals surface area contributed by atoms with Gasteiger partial charge in [-0.3, -0.25) is 0 Å². The van der Waals surface area contributed by atoms with E-state index in [4.69, 9.17) is 0 Å². The molecule has 3 rings (SSSR count). The summed E-state index contributed by atoms with van der Waals surface area (Å²) in [5.41, 5.74) is 2.54. The molecule has 1 fully saturated rings. The molecule has 0 aromatic heterocycles. The molecule has 2 atom stereocenters. The first-order chi connectivity index (χ1) is 10.1. The van der Waals surface area contributed by atoms with Crippen LogP contribution in [0.15, 0.2) is 24.3 Å². The number of carbonyl (C=O) groups excluding carboxylic acids is 1. The smallest absolute Gasteiger partial charge is 0.326 e. The van der Waals surface area contributed by atoms with Gasteiger partial charge in [0, 0.05) is 12.6 Å². The molecule has 5 nitrogen and oxygen atoms in total. The summed E-state index contributed by atoms with van der Waals surface area (Å²) >= 11 is 0. The largest absolute Gasteiger partial charge is 0.480 e. The van der Waals surface area contributed by atoms with Crippen LogP contribution in [0.3, 0.4) is 0 Å². The van der Waals surface area contributed by atoms with Crippen LogP contribution in [-0.4, -0.2) is 40.6 Å². The Morgan fingerprint density at radius 3 is 2.43 bits per heavy atom. The van der Waals surface area contributed by atoms with Gasteiger partial charge in [0.25, 0.3) is 0 Å². The second-order valence-electron chi connectivity index (χ2n) is 6.07. The molecule has 0 radical (unpaired) electrons. The minimum absolute atomic E-state index is 0.00836. The highest BCUT2D eigenvalue weighted by molar-refractivity contribution is 5.83. The summed E-state index contributed by atoms with van der Waals surface area (Å²) < 4.78 is 0. The maximum atomic E-state index is 12.4. The Morgan fingerprint density at radius 2 is 1.86 bits per heavy atom. The number of carboxylic acid groups (broad SMARTS) is 1. The predicted molar refractivity (Wildman–Crippen MR) is 78.1 cm³/mol. The first-order valence-electron chi connectivity index (χ1n) is 7.43. The monoisotopic (exact) mass is 288 g/mol. The zero-order chi connectivity index (χ0) is 15.0. The van der Waals surface area contributed by atoms with Crippen LogP contribution in [0.2, 0.25) is 0 Å². The van der Waals surface area contributed by atoms with E-state index in [1.807, 2.05) is 19.1 Å². The standard InChI is InChI=1S/C16H20N2O3/c1-10-6-7-18(14(10)15(19)20)16(21)17-13-8-11-4-2-3-5-12(11)9-13/h2-5,10,13-14H,6-9H2,1H3,(H,17,21)(H,19,20). The van der Waals surface area contributed by atoms with Crippen LogP contribution < -0.4 is 5.32 Å². The molecule has 1 aliphatic heterocycles. The molecule has 0 saturated carbocycles. The van der Waals surface area contributed by atoms with Gasteiger partial charge in [-0.05, 0) is 36.3 Å². The van der Waals surface area contributed by atoms with Crippen molar-refractivity contribution in [3.63, 3.8) is 0 Å². The lowest BCUT2D eigenvalue weighted by molar-refractivity contribution is -0.142. The van der Waals surface area contributed by atoms with Gasteiger partial charge in [-0.1, -0.05) is 31.2 Å². The van der Waals surface area contributed by atoms with Gasteiger partial charge in [0.05, 0.1) is 0 Å². The van der Waals surface area contributed by atoms with Gasteiger partial charge >= 0.3 is 12.0 Å². The lowest BCUT2D eigenvalue weighted by atomic mass is 10.0. The summed E-state index contributed by atoms with van der Waals surface area (Å²) in [4.78, 5) is 25.2. The first-order valence-corrected chi connectivity index (χ1v) is 7.43. The Labute approximate surface area is 123 Å². The fourth-order valence-corrected chi connectivity index (χ4v) is 3.47. The summed E-state index contributed by atoms with van der Waals surface area (Å²) in [6, 6.07) is 7.30. The van der Waals surface area contributed by atoms with Gasteiger partial charge in [0.2, 0.25) is 0 Å². The van der Waals surface area contributed by atoms with Crippen molar-refractivity contribution in [3.8, 4) is 0 Å². The van der Waals surface area contributed by atoms with Crippen molar-refractivity contribution in [2.45, 2.75) is 38.3 Å². The van der Waals surface area contributed by atoms with Crippen LogP contribution in [0.5, 0.6) is 0 Å². The fourth-order valence-electron chi connectivity index (χ4n) is 3.47. The Kier molecular flexibility index (Phi) is 3.57. The van der Waals surface area contributed by atoms with E-state index in [1.54, 1.807) is 0 Å². The number of nitrogens with one attached hydrogen (secondary N) is 1. The number of fused-ring (bicyclic) bond motifs is 1. The lowest BCUT2D eigenvalue weighted by Crippen LogP contribution is -2.50. The quantitative estimate of drug-likeness (QED) is 0.869. The number of carbonyl (C=O) groups is 2. The number of aliphatic carboxylic acids is 1. The molecular weight excluding hydrogens is 268 g/mol. The van der Waals surface area contributed by atoms with E-state index in [0.29, 0.717) is 6.54 Å². The molecule has 112 valence electrons. The molecule has 2 amide bonds. The van der Waals surface area contributed by atoms with Crippen LogP contribution in [0.1, 0.15) is 24.5 Å². The summed E-state index contributed by atoms with van der Waals surface area (Å²) in [6.07, 6.45) is 2.39. The van der Waals surface area contributed by atoms with Crippen LogP contribution in [0.4, 0.5) is 4.79 Å². The van der Waals surface area contributed by atoms with Gasteiger partial charge in [-0.2, -0.15) is 0 Å². The highest BCUT2D eigenvalue weighted by atomic mass is 16.4. The third-order valence-electron chi connectivity index (χ3n) is 4.59. The van der Waals surface area contributed by atoms with Crippen molar-refractivity contribution >= 4 is 12.0 Å². The van der Waals surface area contributed by atoms with Crippen LogP contribution in [-0.2, 0) is 17.6 Å². The Morgan fingerprint density at radius 1 is 1.24 bits per heavy atom. The zero-order valence-electron chi connectivity index (χ0n) is 12.1. The molecule has 0 spiro atoms. The normalized spacial score (nSPS) is 24.9. The molecule has 1 aromatic rings. The average Bonchev–Trinajstić information content (AvgIpc) is 3.01. The topological polar surface area (TPSA) is 69.6 Å². The molecule has 1 aliphatic carbocycles. The third-order valence-corrected chi connectivity index (χ3v) is 4.59. The van der Waals surface area contributed by atoms with Gasteiger partial charge in [-0.25, -0.2) is 9.59 Å². The molecule has 2 N–H and O–H groups in total. The van der Waals surface area contributed by atoms with Crippen molar-refractivity contribution in [1.82, 2.24) is 10.2 Å². The number of benzene rings is 1. The Bertz CT molecular complexity index is 547. The van der Waals surface area contributed by atoms with Crippen molar-refractivity contribution in [3.05, 3.63) is 35.4 Å². The van der Waals surface area contributed by atoms with Crippen molar-refractivity contribution in [2.24, 2.45) is 5.92 Å². The SMILES string of the molecule is CC1CCN(C(=O)NC2Cc3ccccc3C2)C1C(=O)O. The van der Waals surface area contributed by atoms with E-state index in [2.05, 4.69) is 17.4 Å². The third kappa shape index (κ3) is 2.60. The highest BCUT2D eigenvalue weighted by Crippen LogP contribution is 2.25. The van der Waals surface area contributed by atoms with Crippen molar-refractivity contribution in [2.75, 3.05) is 6.54 Å². The molecule has 5 heteroatoms. The van der Waals surface area contributed by atoms with E-state index in [-0.39, 0.29) is 18.0 Å². The van der Waals surface area contributed by atoms with Gasteiger partial charge < -0.3 is 15.3 Å². The van der Waals surface area contributed by atoms with Crippen LogP contribution in [0.25, 0.3) is 0 Å². The number of hydrogen-bond acceptors (Lipinski definition) is 2. The number of hydrogen-bond donors (Lipinski definition) is 2. The van der Waals surface area contributed by atoms with E-state index in [0.717, 1.165) is 19.3 Å². The number of nitrogens with zero attached hydrogens (tertiary/aromatic N) is 1. The number of rotatable bonds is 2. The Balaban J connectivity index is 1.64. The highest BCUT2D eigenvalue weighted by Gasteiger charge is 2.40. The predicted octanol–water partition coefficient (Wildman–Crippen LogP) is 1.66. The first kappa shape index (κ1) is 13.9. The minimum atomic E-state index is -0.912. The molecule has 1 aromatic carbocycles. The number of carboxylic acids is 1. The maximum Gasteiger partial charge on any atom is 0.326 e. The minimum Gasteiger partial charge on any atom is -0.480 e.